The maximum absolute atomic E-state index is 9.87. The zero-order valence-electron chi connectivity index (χ0n) is 28.0. The summed E-state index contributed by atoms with van der Waals surface area (Å²) in [7, 11) is 0. The monoisotopic (exact) mass is 678 g/mol. The highest BCUT2D eigenvalue weighted by Crippen LogP contribution is 2.44. The van der Waals surface area contributed by atoms with Crippen LogP contribution in [0.4, 0.5) is 0 Å². The van der Waals surface area contributed by atoms with Gasteiger partial charge in [0.1, 0.15) is 35.5 Å². The van der Waals surface area contributed by atoms with E-state index in [0.29, 0.717) is 27.6 Å². The summed E-state index contributed by atoms with van der Waals surface area (Å²) in [4.78, 5) is 0. The Morgan fingerprint density at radius 3 is 1.67 bits per heavy atom. The second kappa shape index (κ2) is 16.9. The first-order valence-corrected chi connectivity index (χ1v) is 18.1. The second-order valence-electron chi connectivity index (χ2n) is 12.9. The fourth-order valence-electron chi connectivity index (χ4n) is 7.13. The highest BCUT2D eigenvalue weighted by Gasteiger charge is 2.34. The van der Waals surface area contributed by atoms with E-state index in [9.17, 15) is 10.5 Å². The summed E-state index contributed by atoms with van der Waals surface area (Å²) in [5, 5.41) is 19.7. The van der Waals surface area contributed by atoms with Crippen LogP contribution in [0.25, 0.3) is 0 Å². The van der Waals surface area contributed by atoms with Gasteiger partial charge in [-0.15, -0.1) is 11.6 Å². The third-order valence-corrected chi connectivity index (χ3v) is 10.3. The van der Waals surface area contributed by atoms with Gasteiger partial charge in [-0.2, -0.15) is 10.5 Å². The van der Waals surface area contributed by atoms with Crippen LogP contribution in [0.5, 0.6) is 17.2 Å². The minimum absolute atomic E-state index is 0.158. The van der Waals surface area contributed by atoms with Gasteiger partial charge in [0.15, 0.2) is 0 Å². The maximum atomic E-state index is 9.87. The van der Waals surface area contributed by atoms with Gasteiger partial charge in [0, 0.05) is 11.0 Å². The highest BCUT2D eigenvalue weighted by atomic mass is 35.5. The molecule has 2 atom stereocenters. The number of hydrogen-bond donors (Lipinski definition) is 0. The van der Waals surface area contributed by atoms with Gasteiger partial charge in [0.2, 0.25) is 0 Å². The highest BCUT2D eigenvalue weighted by molar-refractivity contribution is 6.31. The summed E-state index contributed by atoms with van der Waals surface area (Å²) < 4.78 is 12.6. The lowest BCUT2D eigenvalue weighted by Crippen LogP contribution is -2.28. The Labute approximate surface area is 296 Å². The van der Waals surface area contributed by atoms with Crippen molar-refractivity contribution in [1.82, 2.24) is 0 Å². The molecular formula is C42H44Cl2N2O2. The van der Waals surface area contributed by atoms with E-state index in [1.165, 1.54) is 56.1 Å². The summed E-state index contributed by atoms with van der Waals surface area (Å²) in [5.74, 6) is 1.96. The van der Waals surface area contributed by atoms with Gasteiger partial charge in [-0.3, -0.25) is 0 Å². The van der Waals surface area contributed by atoms with Crippen molar-refractivity contribution in [1.29, 1.82) is 10.5 Å². The SMILES string of the molecule is CC(Cl)c1cccc(Oc2ccc(C3(c4ccc(OC(C)c5cccc(Cl)c5C#N)cc4)CCCCCCCCCCC3)cc2)c1C#N. The summed E-state index contributed by atoms with van der Waals surface area (Å²) >= 11 is 12.7. The fraction of sp³-hybridized carbons (Fsp3) is 0.381. The van der Waals surface area contributed by atoms with Crippen molar-refractivity contribution in [3.05, 3.63) is 123 Å². The van der Waals surface area contributed by atoms with Crippen molar-refractivity contribution < 1.29 is 9.47 Å². The van der Waals surface area contributed by atoms with Crippen molar-refractivity contribution in [3.63, 3.8) is 0 Å². The van der Waals surface area contributed by atoms with E-state index in [0.717, 1.165) is 42.6 Å². The topological polar surface area (TPSA) is 66.0 Å². The molecule has 4 aromatic rings. The van der Waals surface area contributed by atoms with Crippen molar-refractivity contribution in [3.8, 4) is 29.4 Å². The Morgan fingerprint density at radius 1 is 0.625 bits per heavy atom. The third kappa shape index (κ3) is 8.36. The molecule has 0 spiro atoms. The Kier molecular flexibility index (Phi) is 12.5. The predicted octanol–water partition coefficient (Wildman–Crippen LogP) is 12.9. The molecule has 0 N–H and O–H groups in total. The molecule has 0 aromatic heterocycles. The molecule has 0 radical (unpaired) electrons. The Morgan fingerprint density at radius 2 is 1.12 bits per heavy atom. The lowest BCUT2D eigenvalue weighted by Gasteiger charge is -2.36. The van der Waals surface area contributed by atoms with Crippen LogP contribution in [0, 0.1) is 22.7 Å². The molecule has 0 saturated heterocycles. The first-order chi connectivity index (χ1) is 23.4. The van der Waals surface area contributed by atoms with E-state index in [1.54, 1.807) is 6.07 Å². The number of ether oxygens (including phenoxy) is 2. The molecule has 4 aromatic carbocycles. The van der Waals surface area contributed by atoms with Gasteiger partial charge < -0.3 is 9.47 Å². The first-order valence-electron chi connectivity index (χ1n) is 17.3. The normalized spacial score (nSPS) is 16.6. The standard InChI is InChI=1S/C42H44Cl2N2O2/c1-30(43)36-14-13-17-41(39(36)29-46)48-35-24-20-33(21-25-35)42(26-10-8-6-4-3-5-7-9-11-27-42)32-18-22-34(23-19-32)47-31(2)37-15-12-16-40(44)38(37)28-45/h12-25,30-31H,3-11,26-27H2,1-2H3. The second-order valence-corrected chi connectivity index (χ2v) is 14.0. The quantitative estimate of drug-likeness (QED) is 0.174. The molecule has 0 heterocycles. The number of nitriles is 2. The van der Waals surface area contributed by atoms with Gasteiger partial charge in [-0.25, -0.2) is 0 Å². The van der Waals surface area contributed by atoms with E-state index in [-0.39, 0.29) is 16.9 Å². The molecule has 5 rings (SSSR count). The summed E-state index contributed by atoms with van der Waals surface area (Å²) in [6, 6.07) is 32.6. The number of rotatable bonds is 8. The molecule has 248 valence electrons. The summed E-state index contributed by atoms with van der Waals surface area (Å²) in [5.41, 5.74) is 4.86. The molecule has 48 heavy (non-hydrogen) atoms. The van der Waals surface area contributed by atoms with E-state index in [4.69, 9.17) is 32.7 Å². The van der Waals surface area contributed by atoms with Crippen LogP contribution in [0.15, 0.2) is 84.9 Å². The summed E-state index contributed by atoms with van der Waals surface area (Å²) in [6.07, 6.45) is 13.1. The van der Waals surface area contributed by atoms with Crippen molar-refractivity contribution in [2.45, 2.75) is 101 Å². The van der Waals surface area contributed by atoms with Crippen LogP contribution in [0.3, 0.4) is 0 Å². The molecule has 0 bridgehead atoms. The molecule has 1 aliphatic rings. The van der Waals surface area contributed by atoms with Crippen LogP contribution in [0.2, 0.25) is 5.02 Å². The number of halogens is 2. The molecular weight excluding hydrogens is 635 g/mol. The largest absolute Gasteiger partial charge is 0.486 e. The lowest BCUT2D eigenvalue weighted by atomic mass is 9.67. The zero-order chi connectivity index (χ0) is 33.9. The van der Waals surface area contributed by atoms with Crippen LogP contribution in [-0.4, -0.2) is 0 Å². The minimum atomic E-state index is -0.332. The van der Waals surface area contributed by atoms with Crippen LogP contribution < -0.4 is 9.47 Å². The van der Waals surface area contributed by atoms with E-state index in [1.807, 2.05) is 56.3 Å². The Bertz CT molecular complexity index is 1720. The maximum Gasteiger partial charge on any atom is 0.145 e. The number of benzene rings is 4. The van der Waals surface area contributed by atoms with Gasteiger partial charge in [-0.05, 0) is 79.8 Å². The predicted molar refractivity (Wildman–Crippen MR) is 195 cm³/mol. The summed E-state index contributed by atoms with van der Waals surface area (Å²) in [6.45, 7) is 3.81. The Hall–Kier alpha value is -3.96. The van der Waals surface area contributed by atoms with Crippen molar-refractivity contribution >= 4 is 23.2 Å². The number of alkyl halides is 1. The van der Waals surface area contributed by atoms with Crippen LogP contribution in [-0.2, 0) is 5.41 Å². The van der Waals surface area contributed by atoms with Crippen LogP contribution >= 0.6 is 23.2 Å². The van der Waals surface area contributed by atoms with Crippen molar-refractivity contribution in [2.24, 2.45) is 0 Å². The average Bonchev–Trinajstić information content (AvgIpc) is 3.09. The van der Waals surface area contributed by atoms with Gasteiger partial charge in [0.05, 0.1) is 21.5 Å². The smallest absolute Gasteiger partial charge is 0.145 e. The van der Waals surface area contributed by atoms with Crippen LogP contribution in [0.1, 0.15) is 129 Å². The van der Waals surface area contributed by atoms with Gasteiger partial charge >= 0.3 is 0 Å². The number of nitrogens with zero attached hydrogens (tertiary/aromatic N) is 2. The molecule has 1 saturated carbocycles. The van der Waals surface area contributed by atoms with E-state index >= 15 is 0 Å². The molecule has 1 aliphatic carbocycles. The average molecular weight is 680 g/mol. The molecule has 6 heteroatoms. The lowest BCUT2D eigenvalue weighted by molar-refractivity contribution is 0.226. The zero-order valence-corrected chi connectivity index (χ0v) is 29.5. The van der Waals surface area contributed by atoms with Gasteiger partial charge in [0.25, 0.3) is 0 Å². The first kappa shape index (κ1) is 35.3. The third-order valence-electron chi connectivity index (χ3n) is 9.76. The van der Waals surface area contributed by atoms with Crippen molar-refractivity contribution in [2.75, 3.05) is 0 Å². The van der Waals surface area contributed by atoms with E-state index in [2.05, 4.69) is 48.5 Å². The molecule has 4 nitrogen and oxygen atoms in total. The minimum Gasteiger partial charge on any atom is -0.486 e. The molecule has 2 unspecified atom stereocenters. The Balaban J connectivity index is 1.45. The molecule has 1 fully saturated rings. The fourth-order valence-corrected chi connectivity index (χ4v) is 7.54. The molecule has 0 aliphatic heterocycles. The van der Waals surface area contributed by atoms with E-state index < -0.39 is 0 Å². The molecule has 0 amide bonds. The van der Waals surface area contributed by atoms with Gasteiger partial charge in [-0.1, -0.05) is 118 Å². The number of hydrogen-bond acceptors (Lipinski definition) is 4.